The van der Waals surface area contributed by atoms with E-state index in [2.05, 4.69) is 56.0 Å². The zero-order valence-corrected chi connectivity index (χ0v) is 19.1. The molecule has 0 aliphatic heterocycles. The Morgan fingerprint density at radius 2 is 1.90 bits per heavy atom. The maximum Gasteiger partial charge on any atom is 0.180 e. The van der Waals surface area contributed by atoms with Crippen LogP contribution in [0.3, 0.4) is 0 Å². The molecule has 1 aliphatic rings. The molecule has 1 fully saturated rings. The highest BCUT2D eigenvalue weighted by atomic mass is 15.1. The number of aromatic nitrogens is 4. The van der Waals surface area contributed by atoms with Gasteiger partial charge in [0.1, 0.15) is 11.6 Å². The molecule has 4 aromatic rings. The van der Waals surface area contributed by atoms with E-state index in [1.165, 1.54) is 43.3 Å². The topological polar surface area (TPSA) is 86.6 Å². The first-order valence-corrected chi connectivity index (χ1v) is 11.6. The first-order valence-electron chi connectivity index (χ1n) is 11.6. The second-order valence-electron chi connectivity index (χ2n) is 8.40. The molecule has 0 atom stereocenters. The van der Waals surface area contributed by atoms with Crippen LogP contribution in [-0.2, 0) is 6.54 Å². The molecule has 6 heteroatoms. The van der Waals surface area contributed by atoms with Crippen LogP contribution in [0.5, 0.6) is 0 Å². The highest BCUT2D eigenvalue weighted by Gasteiger charge is 2.24. The van der Waals surface area contributed by atoms with Gasteiger partial charge in [-0.3, -0.25) is 4.90 Å². The molecule has 6 nitrogen and oxygen atoms in total. The minimum absolute atomic E-state index is 0.480. The highest BCUT2D eigenvalue weighted by Crippen LogP contribution is 2.32. The van der Waals surface area contributed by atoms with Crippen LogP contribution in [0.15, 0.2) is 30.3 Å². The van der Waals surface area contributed by atoms with Crippen molar-refractivity contribution in [2.45, 2.75) is 53.5 Å². The van der Waals surface area contributed by atoms with Gasteiger partial charge in [-0.2, -0.15) is 0 Å². The van der Waals surface area contributed by atoms with Crippen molar-refractivity contribution in [3.63, 3.8) is 0 Å². The monoisotopic (exact) mass is 418 g/mol. The van der Waals surface area contributed by atoms with E-state index in [0.717, 1.165) is 40.6 Å². The standard InChI is InChI=1S/C23H28N6.C2H6/c1-3-8-29(12-15-4-5-15)13-16-6-7-19-17(9-16)10-20(27-19)18-11-21(24)28-23-22(18)25-14(2)26-23;1-2/h6-7,9-11,15,27H,3-5,8,12-13H2,1-2H3,(H3,24,25,26,28);1-2H3. The summed E-state index contributed by atoms with van der Waals surface area (Å²) >= 11 is 0. The number of nitrogen functional groups attached to an aromatic ring is 1. The quantitative estimate of drug-likeness (QED) is 0.362. The van der Waals surface area contributed by atoms with Crippen LogP contribution in [0.2, 0.25) is 0 Å². The normalized spacial score (nSPS) is 13.7. The molecule has 164 valence electrons. The molecule has 31 heavy (non-hydrogen) atoms. The van der Waals surface area contributed by atoms with Crippen molar-refractivity contribution in [1.29, 1.82) is 0 Å². The lowest BCUT2D eigenvalue weighted by Gasteiger charge is -2.21. The van der Waals surface area contributed by atoms with Crippen molar-refractivity contribution in [2.75, 3.05) is 18.8 Å². The molecule has 4 N–H and O–H groups in total. The number of nitrogens with one attached hydrogen (secondary N) is 2. The molecule has 3 aromatic heterocycles. The Labute approximate surface area is 184 Å². The number of benzene rings is 1. The van der Waals surface area contributed by atoms with Gasteiger partial charge in [-0.15, -0.1) is 0 Å². The molecule has 5 rings (SSSR count). The molecule has 0 bridgehead atoms. The molecule has 0 radical (unpaired) electrons. The number of rotatable bonds is 7. The second kappa shape index (κ2) is 9.10. The number of anilines is 1. The van der Waals surface area contributed by atoms with Crippen LogP contribution >= 0.6 is 0 Å². The average Bonchev–Trinajstić information content (AvgIpc) is 3.33. The van der Waals surface area contributed by atoms with Crippen molar-refractivity contribution in [1.82, 2.24) is 24.8 Å². The lowest BCUT2D eigenvalue weighted by molar-refractivity contribution is 0.255. The number of hydrogen-bond acceptors (Lipinski definition) is 4. The third-order valence-electron chi connectivity index (χ3n) is 5.73. The van der Waals surface area contributed by atoms with Gasteiger partial charge in [-0.25, -0.2) is 9.97 Å². The Morgan fingerprint density at radius 3 is 2.65 bits per heavy atom. The predicted molar refractivity (Wildman–Crippen MR) is 130 cm³/mol. The van der Waals surface area contributed by atoms with Crippen LogP contribution in [0.4, 0.5) is 5.82 Å². The Morgan fingerprint density at radius 1 is 1.10 bits per heavy atom. The van der Waals surface area contributed by atoms with Gasteiger partial charge in [0, 0.05) is 35.2 Å². The maximum atomic E-state index is 6.03. The summed E-state index contributed by atoms with van der Waals surface area (Å²) in [4.78, 5) is 18.3. The molecule has 0 saturated heterocycles. The number of pyridine rings is 1. The van der Waals surface area contributed by atoms with E-state index in [-0.39, 0.29) is 0 Å². The van der Waals surface area contributed by atoms with Gasteiger partial charge in [0.25, 0.3) is 0 Å². The third kappa shape index (κ3) is 4.74. The summed E-state index contributed by atoms with van der Waals surface area (Å²) in [5.41, 5.74) is 12.2. The first-order chi connectivity index (χ1) is 15.1. The fourth-order valence-electron chi connectivity index (χ4n) is 4.24. The molecule has 3 heterocycles. The summed E-state index contributed by atoms with van der Waals surface area (Å²) in [6, 6.07) is 10.9. The first kappa shape index (κ1) is 21.4. The van der Waals surface area contributed by atoms with Gasteiger partial charge in [0.05, 0.1) is 5.52 Å². The van der Waals surface area contributed by atoms with E-state index >= 15 is 0 Å². The van der Waals surface area contributed by atoms with E-state index in [1.54, 1.807) is 0 Å². The lowest BCUT2D eigenvalue weighted by atomic mass is 10.1. The summed E-state index contributed by atoms with van der Waals surface area (Å²) in [7, 11) is 0. The minimum atomic E-state index is 0.480. The summed E-state index contributed by atoms with van der Waals surface area (Å²) in [6.45, 7) is 11.6. The van der Waals surface area contributed by atoms with Crippen molar-refractivity contribution in [3.8, 4) is 11.3 Å². The predicted octanol–water partition coefficient (Wildman–Crippen LogP) is 5.65. The fraction of sp³-hybridized carbons (Fsp3) is 0.440. The zero-order chi connectivity index (χ0) is 22.0. The molecule has 0 unspecified atom stereocenters. The summed E-state index contributed by atoms with van der Waals surface area (Å²) in [5.74, 6) is 2.24. The summed E-state index contributed by atoms with van der Waals surface area (Å²) < 4.78 is 0. The van der Waals surface area contributed by atoms with Crippen molar-refractivity contribution in [2.24, 2.45) is 5.92 Å². The largest absolute Gasteiger partial charge is 0.384 e. The molecule has 1 aliphatic carbocycles. The number of hydrogen-bond donors (Lipinski definition) is 3. The van der Waals surface area contributed by atoms with Crippen LogP contribution in [0.1, 0.15) is 51.4 Å². The van der Waals surface area contributed by atoms with E-state index in [0.29, 0.717) is 11.5 Å². The van der Waals surface area contributed by atoms with Crippen molar-refractivity contribution in [3.05, 3.63) is 41.7 Å². The van der Waals surface area contributed by atoms with Gasteiger partial charge >= 0.3 is 0 Å². The molecular formula is C25H34N6. The number of aryl methyl sites for hydroxylation is 1. The molecular weight excluding hydrogens is 384 g/mol. The van der Waals surface area contributed by atoms with Gasteiger partial charge in [0.15, 0.2) is 5.65 Å². The lowest BCUT2D eigenvalue weighted by Crippen LogP contribution is -2.26. The molecule has 1 saturated carbocycles. The van der Waals surface area contributed by atoms with Crippen LogP contribution < -0.4 is 5.73 Å². The van der Waals surface area contributed by atoms with Crippen molar-refractivity contribution < 1.29 is 0 Å². The second-order valence-corrected chi connectivity index (χ2v) is 8.40. The molecule has 1 aromatic carbocycles. The van der Waals surface area contributed by atoms with E-state index in [1.807, 2.05) is 26.8 Å². The highest BCUT2D eigenvalue weighted by molar-refractivity contribution is 5.95. The van der Waals surface area contributed by atoms with E-state index in [4.69, 9.17) is 5.73 Å². The van der Waals surface area contributed by atoms with Crippen LogP contribution in [-0.4, -0.2) is 37.9 Å². The Bertz CT molecular complexity index is 1170. The molecule has 0 amide bonds. The smallest absolute Gasteiger partial charge is 0.180 e. The maximum absolute atomic E-state index is 6.03. The molecule has 0 spiro atoms. The third-order valence-corrected chi connectivity index (χ3v) is 5.73. The SMILES string of the molecule is CC.CCCN(Cc1ccc2[nH]c(-c3cc(N)nc4nc(C)[nH]c34)cc2c1)CC1CC1. The number of nitrogens with two attached hydrogens (primary N) is 1. The van der Waals surface area contributed by atoms with E-state index < -0.39 is 0 Å². The van der Waals surface area contributed by atoms with Crippen LogP contribution in [0, 0.1) is 12.8 Å². The Balaban J connectivity index is 0.00000112. The Kier molecular flexibility index (Phi) is 6.28. The number of fused-ring (bicyclic) bond motifs is 2. The minimum Gasteiger partial charge on any atom is -0.384 e. The summed E-state index contributed by atoms with van der Waals surface area (Å²) in [5, 5.41) is 1.22. The average molecular weight is 419 g/mol. The number of aromatic amines is 2. The Hall–Kier alpha value is -2.86. The van der Waals surface area contributed by atoms with Gasteiger partial charge in [-0.1, -0.05) is 26.8 Å². The van der Waals surface area contributed by atoms with E-state index in [9.17, 15) is 0 Å². The van der Waals surface area contributed by atoms with Crippen LogP contribution in [0.25, 0.3) is 33.3 Å². The number of H-pyrrole nitrogens is 2. The summed E-state index contributed by atoms with van der Waals surface area (Å²) in [6.07, 6.45) is 4.00. The van der Waals surface area contributed by atoms with Crippen molar-refractivity contribution >= 4 is 27.9 Å². The van der Waals surface area contributed by atoms with Gasteiger partial charge in [0.2, 0.25) is 0 Å². The fourth-order valence-corrected chi connectivity index (χ4v) is 4.24. The van der Waals surface area contributed by atoms with Gasteiger partial charge < -0.3 is 15.7 Å². The zero-order valence-electron chi connectivity index (χ0n) is 19.1. The van der Waals surface area contributed by atoms with Gasteiger partial charge in [-0.05, 0) is 68.5 Å². The number of imidazole rings is 1. The number of nitrogens with zero attached hydrogens (tertiary/aromatic N) is 3.